The summed E-state index contributed by atoms with van der Waals surface area (Å²) in [6.07, 6.45) is 1.17. The van der Waals surface area contributed by atoms with Gasteiger partial charge in [0, 0.05) is 13.1 Å². The van der Waals surface area contributed by atoms with Gasteiger partial charge in [-0.15, -0.1) is 0 Å². The molecule has 0 saturated carbocycles. The van der Waals surface area contributed by atoms with Gasteiger partial charge < -0.3 is 10.6 Å². The van der Waals surface area contributed by atoms with Crippen LogP contribution < -0.4 is 10.6 Å². The first-order valence-electron chi connectivity index (χ1n) is 6.25. The van der Waals surface area contributed by atoms with Crippen molar-refractivity contribution >= 4 is 11.8 Å². The summed E-state index contributed by atoms with van der Waals surface area (Å²) < 4.78 is 13.6. The van der Waals surface area contributed by atoms with E-state index in [9.17, 15) is 4.39 Å². The zero-order chi connectivity index (χ0) is 13.7. The molecule has 0 unspecified atom stereocenters. The maximum atomic E-state index is 13.6. The Morgan fingerprint density at radius 1 is 1.16 bits per heavy atom. The molecule has 0 atom stereocenters. The van der Waals surface area contributed by atoms with Gasteiger partial charge >= 0.3 is 0 Å². The highest BCUT2D eigenvalue weighted by Crippen LogP contribution is 2.13. The summed E-state index contributed by atoms with van der Waals surface area (Å²) in [7, 11) is 0. The van der Waals surface area contributed by atoms with Crippen LogP contribution in [0, 0.1) is 12.7 Å². The molecule has 0 amide bonds. The van der Waals surface area contributed by atoms with Crippen molar-refractivity contribution in [1.29, 1.82) is 0 Å². The van der Waals surface area contributed by atoms with Gasteiger partial charge in [-0.3, -0.25) is 0 Å². The molecule has 0 aliphatic carbocycles. The van der Waals surface area contributed by atoms with Crippen LogP contribution >= 0.6 is 0 Å². The second-order valence-electron chi connectivity index (χ2n) is 4.26. The summed E-state index contributed by atoms with van der Waals surface area (Å²) in [5.74, 6) is 0.190. The minimum absolute atomic E-state index is 0.214. The fourth-order valence-electron chi connectivity index (χ4n) is 1.63. The molecule has 0 spiro atoms. The van der Waals surface area contributed by atoms with Crippen molar-refractivity contribution in [3.8, 4) is 0 Å². The highest BCUT2D eigenvalue weighted by atomic mass is 19.1. The van der Waals surface area contributed by atoms with Crippen molar-refractivity contribution in [3.63, 3.8) is 0 Å². The zero-order valence-corrected chi connectivity index (χ0v) is 11.1. The first kappa shape index (κ1) is 13.3. The van der Waals surface area contributed by atoms with Crippen LogP contribution in [-0.4, -0.2) is 16.5 Å². The van der Waals surface area contributed by atoms with Gasteiger partial charge in [-0.2, -0.15) is 4.98 Å². The van der Waals surface area contributed by atoms with E-state index in [1.54, 1.807) is 0 Å². The molecule has 5 heteroatoms. The second-order valence-corrected chi connectivity index (χ2v) is 4.26. The molecule has 2 aromatic rings. The van der Waals surface area contributed by atoms with Crippen LogP contribution in [0.3, 0.4) is 0 Å². The molecular weight excluding hydrogens is 243 g/mol. The lowest BCUT2D eigenvalue weighted by Gasteiger charge is -2.08. The minimum atomic E-state index is -0.450. The summed E-state index contributed by atoms with van der Waals surface area (Å²) in [5, 5.41) is 5.93. The molecule has 100 valence electrons. The number of hydrogen-bond acceptors (Lipinski definition) is 4. The topological polar surface area (TPSA) is 49.8 Å². The first-order chi connectivity index (χ1) is 9.19. The SMILES string of the molecule is CCNc1ncc(F)c(NCc2ccc(C)cc2)n1. The smallest absolute Gasteiger partial charge is 0.224 e. The molecule has 1 heterocycles. The van der Waals surface area contributed by atoms with E-state index in [1.807, 2.05) is 38.1 Å². The van der Waals surface area contributed by atoms with Crippen LogP contribution in [0.5, 0.6) is 0 Å². The fraction of sp³-hybridized carbons (Fsp3) is 0.286. The standard InChI is InChI=1S/C14H17FN4/c1-3-16-14-18-9-12(15)13(19-14)17-8-11-6-4-10(2)5-7-11/h4-7,9H,3,8H2,1-2H3,(H2,16,17,18,19). The Morgan fingerprint density at radius 3 is 2.58 bits per heavy atom. The van der Waals surface area contributed by atoms with E-state index in [4.69, 9.17) is 0 Å². The summed E-state index contributed by atoms with van der Waals surface area (Å²) in [4.78, 5) is 7.94. The number of anilines is 2. The van der Waals surface area contributed by atoms with Gasteiger partial charge in [0.2, 0.25) is 5.95 Å². The largest absolute Gasteiger partial charge is 0.363 e. The highest BCUT2D eigenvalue weighted by Gasteiger charge is 2.06. The monoisotopic (exact) mass is 260 g/mol. The number of nitrogens with one attached hydrogen (secondary N) is 2. The molecule has 19 heavy (non-hydrogen) atoms. The van der Waals surface area contributed by atoms with Gasteiger partial charge in [-0.05, 0) is 19.4 Å². The quantitative estimate of drug-likeness (QED) is 0.867. The second kappa shape index (κ2) is 6.13. The molecule has 0 aliphatic rings. The van der Waals surface area contributed by atoms with Crippen LogP contribution in [0.15, 0.2) is 30.5 Å². The Labute approximate surface area is 112 Å². The number of hydrogen-bond donors (Lipinski definition) is 2. The molecule has 1 aromatic heterocycles. The molecule has 0 fully saturated rings. The van der Waals surface area contributed by atoms with Crippen molar-refractivity contribution in [2.75, 3.05) is 17.2 Å². The summed E-state index contributed by atoms with van der Waals surface area (Å²) >= 11 is 0. The predicted octanol–water partition coefficient (Wildman–Crippen LogP) is 2.97. The van der Waals surface area contributed by atoms with Crippen molar-refractivity contribution in [1.82, 2.24) is 9.97 Å². The first-order valence-corrected chi connectivity index (χ1v) is 6.25. The van der Waals surface area contributed by atoms with E-state index in [1.165, 1.54) is 11.8 Å². The highest BCUT2D eigenvalue weighted by molar-refractivity contribution is 5.41. The molecule has 2 N–H and O–H groups in total. The molecule has 2 rings (SSSR count). The summed E-state index contributed by atoms with van der Waals surface area (Å²) in [6.45, 7) is 5.19. The molecule has 4 nitrogen and oxygen atoms in total. The van der Waals surface area contributed by atoms with E-state index in [-0.39, 0.29) is 5.82 Å². The third kappa shape index (κ3) is 3.64. The number of aryl methyl sites for hydroxylation is 1. The van der Waals surface area contributed by atoms with Crippen molar-refractivity contribution in [3.05, 3.63) is 47.4 Å². The van der Waals surface area contributed by atoms with E-state index in [0.29, 0.717) is 19.0 Å². The minimum Gasteiger partial charge on any atom is -0.363 e. The summed E-state index contributed by atoms with van der Waals surface area (Å²) in [5.41, 5.74) is 2.28. The number of rotatable bonds is 5. The van der Waals surface area contributed by atoms with Crippen LogP contribution in [0.2, 0.25) is 0 Å². The third-order valence-electron chi connectivity index (χ3n) is 2.66. The van der Waals surface area contributed by atoms with E-state index >= 15 is 0 Å². The fourth-order valence-corrected chi connectivity index (χ4v) is 1.63. The molecule has 0 radical (unpaired) electrons. The van der Waals surface area contributed by atoms with Crippen molar-refractivity contribution in [2.45, 2.75) is 20.4 Å². The van der Waals surface area contributed by atoms with E-state index in [0.717, 1.165) is 5.56 Å². The average Bonchev–Trinajstić information content (AvgIpc) is 2.41. The lowest BCUT2D eigenvalue weighted by molar-refractivity contribution is 0.617. The molecule has 0 saturated heterocycles. The van der Waals surface area contributed by atoms with Crippen LogP contribution in [-0.2, 0) is 6.54 Å². The predicted molar refractivity (Wildman–Crippen MR) is 74.7 cm³/mol. The van der Waals surface area contributed by atoms with Gasteiger partial charge in [0.25, 0.3) is 0 Å². The normalized spacial score (nSPS) is 10.3. The molecular formula is C14H17FN4. The Morgan fingerprint density at radius 2 is 1.89 bits per heavy atom. The number of benzene rings is 1. The van der Waals surface area contributed by atoms with Crippen LogP contribution in [0.25, 0.3) is 0 Å². The van der Waals surface area contributed by atoms with Crippen molar-refractivity contribution in [2.24, 2.45) is 0 Å². The van der Waals surface area contributed by atoms with Crippen molar-refractivity contribution < 1.29 is 4.39 Å². The van der Waals surface area contributed by atoms with E-state index < -0.39 is 5.82 Å². The number of halogens is 1. The van der Waals surface area contributed by atoms with Gasteiger partial charge in [0.15, 0.2) is 11.6 Å². The molecule has 1 aromatic carbocycles. The Balaban J connectivity index is 2.05. The third-order valence-corrected chi connectivity index (χ3v) is 2.66. The zero-order valence-electron chi connectivity index (χ0n) is 11.1. The maximum absolute atomic E-state index is 13.6. The average molecular weight is 260 g/mol. The van der Waals surface area contributed by atoms with Gasteiger partial charge in [-0.25, -0.2) is 9.37 Å². The van der Waals surface area contributed by atoms with Crippen LogP contribution in [0.4, 0.5) is 16.2 Å². The van der Waals surface area contributed by atoms with Crippen LogP contribution in [0.1, 0.15) is 18.1 Å². The Hall–Kier alpha value is -2.17. The molecule has 0 aliphatic heterocycles. The van der Waals surface area contributed by atoms with Gasteiger partial charge in [0.05, 0.1) is 6.20 Å². The maximum Gasteiger partial charge on any atom is 0.224 e. The summed E-state index contributed by atoms with van der Waals surface area (Å²) in [6, 6.07) is 8.06. The number of aromatic nitrogens is 2. The lowest BCUT2D eigenvalue weighted by atomic mass is 10.1. The Kier molecular flexibility index (Phi) is 4.28. The molecule has 0 bridgehead atoms. The lowest BCUT2D eigenvalue weighted by Crippen LogP contribution is -2.08. The Bertz CT molecular complexity index is 540. The number of nitrogens with zero attached hydrogens (tertiary/aromatic N) is 2. The van der Waals surface area contributed by atoms with Gasteiger partial charge in [0.1, 0.15) is 0 Å². The van der Waals surface area contributed by atoms with Gasteiger partial charge in [-0.1, -0.05) is 29.8 Å². The van der Waals surface area contributed by atoms with E-state index in [2.05, 4.69) is 20.6 Å².